The molecule has 0 aliphatic carbocycles. The number of nitrogens with zero attached hydrogens (tertiary/aromatic N) is 1. The Hall–Kier alpha value is -0.990. The van der Waals surface area contributed by atoms with Gasteiger partial charge in [0.2, 0.25) is 0 Å². The minimum absolute atomic E-state index is 0.234. The van der Waals surface area contributed by atoms with E-state index in [1.165, 1.54) is 6.20 Å². The first-order valence-corrected chi connectivity index (χ1v) is 2.96. The molecule has 0 amide bonds. The molecule has 3 heteroatoms. The van der Waals surface area contributed by atoms with Crippen LogP contribution in [0.3, 0.4) is 0 Å². The zero-order valence-corrected chi connectivity index (χ0v) is 6.26. The molecule has 0 spiro atoms. The van der Waals surface area contributed by atoms with Gasteiger partial charge in [-0.25, -0.2) is 0 Å². The summed E-state index contributed by atoms with van der Waals surface area (Å²) in [6.45, 7) is 5.79. The van der Waals surface area contributed by atoms with E-state index in [0.717, 1.165) is 0 Å². The van der Waals surface area contributed by atoms with Gasteiger partial charge >= 0.3 is 0 Å². The van der Waals surface area contributed by atoms with Gasteiger partial charge in [0.15, 0.2) is 0 Å². The Bertz CT molecular complexity index is 90.5. The lowest BCUT2D eigenvalue weighted by Gasteiger charge is -1.80. The quantitative estimate of drug-likeness (QED) is 0.515. The molecule has 0 fully saturated rings. The van der Waals surface area contributed by atoms with Crippen molar-refractivity contribution < 1.29 is 0 Å². The summed E-state index contributed by atoms with van der Waals surface area (Å²) in [6, 6.07) is 0. The molecule has 4 N–H and O–H groups in total. The fourth-order valence-corrected chi connectivity index (χ4v) is 0.161. The van der Waals surface area contributed by atoms with Crippen molar-refractivity contribution in [3.63, 3.8) is 0 Å². The van der Waals surface area contributed by atoms with Crippen LogP contribution in [-0.4, -0.2) is 6.21 Å². The van der Waals surface area contributed by atoms with Crippen molar-refractivity contribution in [2.45, 2.75) is 20.8 Å². The van der Waals surface area contributed by atoms with E-state index in [1.54, 1.807) is 13.1 Å². The molecule has 0 saturated carbocycles. The highest BCUT2D eigenvalue weighted by Crippen LogP contribution is 1.69. The van der Waals surface area contributed by atoms with Crippen molar-refractivity contribution in [3.05, 3.63) is 12.0 Å². The minimum atomic E-state index is 0.234. The molecule has 0 aliphatic rings. The van der Waals surface area contributed by atoms with Crippen LogP contribution in [0.25, 0.3) is 0 Å². The van der Waals surface area contributed by atoms with Crippen LogP contribution < -0.4 is 11.5 Å². The maximum Gasteiger partial charge on any atom is 0.112 e. The summed E-state index contributed by atoms with van der Waals surface area (Å²) in [5, 5.41) is 0. The third-order valence-electron chi connectivity index (χ3n) is 0.373. The first-order chi connectivity index (χ1) is 4.27. The van der Waals surface area contributed by atoms with Gasteiger partial charge in [-0.3, -0.25) is 4.99 Å². The molecule has 0 rings (SSSR count). The van der Waals surface area contributed by atoms with Crippen LogP contribution in [0.5, 0.6) is 0 Å². The third kappa shape index (κ3) is 19.4. The Kier molecular flexibility index (Phi) is 12.2. The highest BCUT2D eigenvalue weighted by atomic mass is 14.8. The molecule has 3 nitrogen and oxygen atoms in total. The highest BCUT2D eigenvalue weighted by molar-refractivity contribution is 5.54. The molecule has 0 radical (unpaired) electrons. The number of hydrogen-bond acceptors (Lipinski definition) is 3. The number of hydrogen-bond donors (Lipinski definition) is 2. The summed E-state index contributed by atoms with van der Waals surface area (Å²) in [5.41, 5.74) is 10.0. The van der Waals surface area contributed by atoms with Gasteiger partial charge < -0.3 is 11.5 Å². The van der Waals surface area contributed by atoms with E-state index in [4.69, 9.17) is 11.5 Å². The average Bonchev–Trinajstić information content (AvgIpc) is 1.88. The predicted molar refractivity (Wildman–Crippen MR) is 42.0 cm³/mol. The van der Waals surface area contributed by atoms with Gasteiger partial charge in [-0.2, -0.15) is 0 Å². The highest BCUT2D eigenvalue weighted by Gasteiger charge is 1.66. The summed E-state index contributed by atoms with van der Waals surface area (Å²) in [5.74, 6) is 0.234. The lowest BCUT2D eigenvalue weighted by molar-refractivity contribution is 1.22. The van der Waals surface area contributed by atoms with Crippen LogP contribution in [0.1, 0.15) is 20.8 Å². The molecule has 0 unspecified atom stereocenters. The second-order valence-corrected chi connectivity index (χ2v) is 1.04. The average molecular weight is 129 g/mol. The molecule has 0 heterocycles. The maximum atomic E-state index is 5.00. The molecule has 0 aromatic rings. The molecular formula is C6H15N3. The van der Waals surface area contributed by atoms with Gasteiger partial charge in [0.05, 0.1) is 6.20 Å². The van der Waals surface area contributed by atoms with Crippen LogP contribution >= 0.6 is 0 Å². The van der Waals surface area contributed by atoms with Crippen molar-refractivity contribution in [1.29, 1.82) is 0 Å². The molecule has 0 aromatic heterocycles. The number of nitrogens with two attached hydrogens (primary N) is 2. The zero-order chi connectivity index (χ0) is 7.70. The van der Waals surface area contributed by atoms with E-state index in [0.29, 0.717) is 0 Å². The summed E-state index contributed by atoms with van der Waals surface area (Å²) in [7, 11) is 0. The van der Waals surface area contributed by atoms with Gasteiger partial charge in [0, 0.05) is 6.21 Å². The molecule has 0 aromatic carbocycles. The summed E-state index contributed by atoms with van der Waals surface area (Å²) in [4.78, 5) is 3.63. The van der Waals surface area contributed by atoms with Crippen LogP contribution in [0.15, 0.2) is 17.0 Å². The van der Waals surface area contributed by atoms with E-state index in [9.17, 15) is 0 Å². The molecular weight excluding hydrogens is 114 g/mol. The van der Waals surface area contributed by atoms with Gasteiger partial charge in [-0.1, -0.05) is 13.8 Å². The normalized spacial score (nSPS) is 7.89. The lowest BCUT2D eigenvalue weighted by atomic mass is 10.8. The first-order valence-electron chi connectivity index (χ1n) is 2.96. The van der Waals surface area contributed by atoms with Gasteiger partial charge in [-0.15, -0.1) is 0 Å². The molecule has 0 atom stereocenters. The van der Waals surface area contributed by atoms with Crippen LogP contribution in [0.2, 0.25) is 0 Å². The molecule has 0 aliphatic heterocycles. The van der Waals surface area contributed by atoms with Gasteiger partial charge in [-0.05, 0) is 6.92 Å². The zero-order valence-electron chi connectivity index (χ0n) is 6.26. The first kappa shape index (κ1) is 10.9. The van der Waals surface area contributed by atoms with E-state index in [1.807, 2.05) is 13.8 Å². The molecule has 9 heavy (non-hydrogen) atoms. The summed E-state index contributed by atoms with van der Waals surface area (Å²) >= 11 is 0. The number of aliphatic imine (C=N–C) groups is 1. The van der Waals surface area contributed by atoms with Crippen molar-refractivity contribution >= 4 is 6.21 Å². The van der Waals surface area contributed by atoms with Crippen LogP contribution in [0, 0.1) is 0 Å². The Balaban J connectivity index is 0. The molecule has 54 valence electrons. The van der Waals surface area contributed by atoms with Crippen molar-refractivity contribution in [2.24, 2.45) is 16.5 Å². The van der Waals surface area contributed by atoms with Crippen LogP contribution in [-0.2, 0) is 0 Å². The monoisotopic (exact) mass is 129 g/mol. The minimum Gasteiger partial charge on any atom is -0.384 e. The van der Waals surface area contributed by atoms with E-state index >= 15 is 0 Å². The van der Waals surface area contributed by atoms with Crippen LogP contribution in [0.4, 0.5) is 0 Å². The Morgan fingerprint density at radius 3 is 1.89 bits per heavy atom. The summed E-state index contributed by atoms with van der Waals surface area (Å²) in [6.07, 6.45) is 3.00. The van der Waals surface area contributed by atoms with Crippen molar-refractivity contribution in [1.82, 2.24) is 0 Å². The smallest absolute Gasteiger partial charge is 0.112 e. The number of rotatable bonds is 1. The van der Waals surface area contributed by atoms with Gasteiger partial charge in [0.25, 0.3) is 0 Å². The van der Waals surface area contributed by atoms with E-state index < -0.39 is 0 Å². The largest absolute Gasteiger partial charge is 0.384 e. The topological polar surface area (TPSA) is 64.4 Å². The standard InChI is InChI=1S/C4H9N3.C2H6/c1-2-7-3-4(5)6;1-2/h2-3H,5-6H2,1H3;1-2H3. The fraction of sp³-hybridized carbons (Fsp3) is 0.500. The van der Waals surface area contributed by atoms with Crippen molar-refractivity contribution in [2.75, 3.05) is 0 Å². The Labute approximate surface area is 56.5 Å². The fourth-order valence-electron chi connectivity index (χ4n) is 0.161. The predicted octanol–water partition coefficient (Wildman–Crippen LogP) is 0.820. The maximum absolute atomic E-state index is 5.00. The van der Waals surface area contributed by atoms with E-state index in [2.05, 4.69) is 4.99 Å². The lowest BCUT2D eigenvalue weighted by Crippen LogP contribution is -2.06. The molecule has 0 saturated heterocycles. The summed E-state index contributed by atoms with van der Waals surface area (Å²) < 4.78 is 0. The Morgan fingerprint density at radius 1 is 1.33 bits per heavy atom. The Morgan fingerprint density at radius 2 is 1.78 bits per heavy atom. The third-order valence-corrected chi connectivity index (χ3v) is 0.373. The van der Waals surface area contributed by atoms with E-state index in [-0.39, 0.29) is 5.82 Å². The molecule has 0 bridgehead atoms. The second kappa shape index (κ2) is 10.1. The van der Waals surface area contributed by atoms with Crippen molar-refractivity contribution in [3.8, 4) is 0 Å². The second-order valence-electron chi connectivity index (χ2n) is 1.04. The SMILES string of the molecule is CC.CC=NC=C(N)N. The van der Waals surface area contributed by atoms with Gasteiger partial charge in [0.1, 0.15) is 5.82 Å².